The number of benzene rings is 1. The van der Waals surface area contributed by atoms with E-state index in [-0.39, 0.29) is 0 Å². The van der Waals surface area contributed by atoms with Crippen LogP contribution < -0.4 is 11.1 Å². The molecule has 0 bridgehead atoms. The van der Waals surface area contributed by atoms with Gasteiger partial charge in [-0.1, -0.05) is 17.7 Å². The average Bonchev–Trinajstić information content (AvgIpc) is 3.37. The van der Waals surface area contributed by atoms with Crippen LogP contribution in [0.2, 0.25) is 5.02 Å². The number of fused-ring (bicyclic) bond motifs is 1. The SMILES string of the molecule is Nc1ncc(-c2cn[nH]c2C2CCNCC2)cc1-c1nc2c(Cl)cccc2s1. The predicted octanol–water partition coefficient (Wildman–Crippen LogP) is 4.45. The van der Waals surface area contributed by atoms with Crippen LogP contribution in [0.4, 0.5) is 5.82 Å². The minimum Gasteiger partial charge on any atom is -0.383 e. The zero-order valence-corrected chi connectivity index (χ0v) is 16.6. The van der Waals surface area contributed by atoms with Gasteiger partial charge in [0.15, 0.2) is 0 Å². The van der Waals surface area contributed by atoms with Gasteiger partial charge in [0.05, 0.1) is 21.5 Å². The van der Waals surface area contributed by atoms with E-state index in [1.165, 1.54) is 5.69 Å². The maximum absolute atomic E-state index is 6.30. The molecule has 1 aliphatic rings. The van der Waals surface area contributed by atoms with E-state index in [4.69, 9.17) is 22.3 Å². The lowest BCUT2D eigenvalue weighted by molar-refractivity contribution is 0.453. The van der Waals surface area contributed by atoms with Crippen molar-refractivity contribution in [2.75, 3.05) is 18.8 Å². The summed E-state index contributed by atoms with van der Waals surface area (Å²) in [7, 11) is 0. The van der Waals surface area contributed by atoms with Gasteiger partial charge in [-0.05, 0) is 44.1 Å². The summed E-state index contributed by atoms with van der Waals surface area (Å²) in [5, 5.41) is 12.4. The summed E-state index contributed by atoms with van der Waals surface area (Å²) in [5.41, 5.74) is 11.1. The largest absolute Gasteiger partial charge is 0.383 e. The van der Waals surface area contributed by atoms with Crippen LogP contribution in [0.5, 0.6) is 0 Å². The van der Waals surface area contributed by atoms with Crippen molar-refractivity contribution in [3.8, 4) is 21.7 Å². The third-order valence-corrected chi connectivity index (χ3v) is 6.60. The summed E-state index contributed by atoms with van der Waals surface area (Å²) in [6, 6.07) is 7.86. The van der Waals surface area contributed by atoms with Crippen molar-refractivity contribution >= 4 is 39.0 Å². The molecule has 5 rings (SSSR count). The number of nitrogens with zero attached hydrogens (tertiary/aromatic N) is 3. The highest BCUT2D eigenvalue weighted by molar-refractivity contribution is 7.21. The Hall–Kier alpha value is -2.48. The minimum absolute atomic E-state index is 0.464. The standard InChI is InChI=1S/C20H19ClN6S/c21-15-2-1-3-16-18(15)26-20(28-16)13-8-12(9-24-19(13)22)14-10-25-27-17(14)11-4-6-23-7-5-11/h1-3,8-11,23H,4-7H2,(H2,22,24)(H,25,27). The number of hydrogen-bond acceptors (Lipinski definition) is 6. The van der Waals surface area contributed by atoms with Gasteiger partial charge in [0.25, 0.3) is 0 Å². The van der Waals surface area contributed by atoms with E-state index in [0.29, 0.717) is 16.8 Å². The molecule has 4 N–H and O–H groups in total. The maximum Gasteiger partial charge on any atom is 0.133 e. The Kier molecular flexibility index (Phi) is 4.50. The van der Waals surface area contributed by atoms with Gasteiger partial charge < -0.3 is 11.1 Å². The van der Waals surface area contributed by atoms with E-state index >= 15 is 0 Å². The van der Waals surface area contributed by atoms with Crippen LogP contribution in [0.1, 0.15) is 24.5 Å². The smallest absolute Gasteiger partial charge is 0.133 e. The topological polar surface area (TPSA) is 92.5 Å². The second kappa shape index (κ2) is 7.16. The fourth-order valence-electron chi connectivity index (χ4n) is 3.77. The number of nitrogen functional groups attached to an aromatic ring is 1. The molecule has 1 fully saturated rings. The molecule has 0 unspecified atom stereocenters. The first-order valence-corrected chi connectivity index (χ1v) is 10.5. The van der Waals surface area contributed by atoms with E-state index in [1.54, 1.807) is 11.3 Å². The van der Waals surface area contributed by atoms with Crippen molar-refractivity contribution in [2.24, 2.45) is 0 Å². The predicted molar refractivity (Wildman–Crippen MR) is 115 cm³/mol. The fraction of sp³-hybridized carbons (Fsp3) is 0.250. The van der Waals surface area contributed by atoms with Crippen molar-refractivity contribution in [1.29, 1.82) is 0 Å². The molecule has 0 atom stereocenters. The van der Waals surface area contributed by atoms with Crippen LogP contribution in [-0.2, 0) is 0 Å². The van der Waals surface area contributed by atoms with E-state index in [2.05, 4.69) is 26.6 Å². The van der Waals surface area contributed by atoms with Crippen molar-refractivity contribution in [3.05, 3.63) is 47.4 Å². The average molecular weight is 411 g/mol. The normalized spacial score (nSPS) is 15.3. The Balaban J connectivity index is 1.58. The van der Waals surface area contributed by atoms with Crippen LogP contribution in [0.15, 0.2) is 36.7 Å². The molecule has 28 heavy (non-hydrogen) atoms. The Labute approximate surface area is 171 Å². The van der Waals surface area contributed by atoms with Gasteiger partial charge >= 0.3 is 0 Å². The molecule has 4 heterocycles. The molecule has 0 amide bonds. The number of H-pyrrole nitrogens is 1. The van der Waals surface area contributed by atoms with E-state index < -0.39 is 0 Å². The second-order valence-electron chi connectivity index (χ2n) is 6.98. The van der Waals surface area contributed by atoms with E-state index in [1.807, 2.05) is 30.6 Å². The lowest BCUT2D eigenvalue weighted by Gasteiger charge is -2.22. The molecule has 142 valence electrons. The third-order valence-electron chi connectivity index (χ3n) is 5.25. The van der Waals surface area contributed by atoms with Gasteiger partial charge in [-0.25, -0.2) is 9.97 Å². The summed E-state index contributed by atoms with van der Waals surface area (Å²) >= 11 is 7.87. The van der Waals surface area contributed by atoms with Gasteiger partial charge in [-0.2, -0.15) is 5.10 Å². The number of aromatic amines is 1. The highest BCUT2D eigenvalue weighted by Crippen LogP contribution is 2.38. The fourth-order valence-corrected chi connectivity index (χ4v) is 5.06. The number of piperidine rings is 1. The van der Waals surface area contributed by atoms with Crippen molar-refractivity contribution in [3.63, 3.8) is 0 Å². The van der Waals surface area contributed by atoms with Crippen molar-refractivity contribution in [2.45, 2.75) is 18.8 Å². The van der Waals surface area contributed by atoms with Gasteiger partial charge in [-0.15, -0.1) is 11.3 Å². The third kappa shape index (κ3) is 3.05. The molecule has 0 spiro atoms. The van der Waals surface area contributed by atoms with Crippen LogP contribution in [0, 0.1) is 0 Å². The monoisotopic (exact) mass is 410 g/mol. The quantitative estimate of drug-likeness (QED) is 0.464. The minimum atomic E-state index is 0.464. The molecular formula is C20H19ClN6S. The Bertz CT molecular complexity index is 1140. The number of hydrogen-bond donors (Lipinski definition) is 3. The van der Waals surface area contributed by atoms with E-state index in [9.17, 15) is 0 Å². The highest BCUT2D eigenvalue weighted by Gasteiger charge is 2.22. The number of thiazole rings is 1. The van der Waals surface area contributed by atoms with Gasteiger partial charge in [0.1, 0.15) is 16.3 Å². The molecule has 1 aromatic carbocycles. The number of anilines is 1. The molecule has 1 saturated heterocycles. The number of pyridine rings is 1. The first-order valence-electron chi connectivity index (χ1n) is 9.26. The molecule has 8 heteroatoms. The Morgan fingerprint density at radius 2 is 2.00 bits per heavy atom. The van der Waals surface area contributed by atoms with Gasteiger partial charge in [0, 0.05) is 28.9 Å². The number of nitrogens with one attached hydrogen (secondary N) is 2. The molecule has 0 radical (unpaired) electrons. The second-order valence-corrected chi connectivity index (χ2v) is 8.42. The van der Waals surface area contributed by atoms with Crippen LogP contribution in [0.25, 0.3) is 31.9 Å². The molecule has 3 aromatic heterocycles. The number of halogens is 1. The zero-order valence-electron chi connectivity index (χ0n) is 15.1. The molecule has 4 aromatic rings. The Morgan fingerprint density at radius 3 is 2.82 bits per heavy atom. The summed E-state index contributed by atoms with van der Waals surface area (Å²) < 4.78 is 1.03. The van der Waals surface area contributed by atoms with E-state index in [0.717, 1.165) is 57.8 Å². The summed E-state index contributed by atoms with van der Waals surface area (Å²) in [5.74, 6) is 0.937. The van der Waals surface area contributed by atoms with Crippen LogP contribution in [0.3, 0.4) is 0 Å². The lowest BCUT2D eigenvalue weighted by atomic mass is 9.90. The lowest BCUT2D eigenvalue weighted by Crippen LogP contribution is -2.27. The highest BCUT2D eigenvalue weighted by atomic mass is 35.5. The molecular weight excluding hydrogens is 392 g/mol. The summed E-state index contributed by atoms with van der Waals surface area (Å²) in [6.07, 6.45) is 5.89. The maximum atomic E-state index is 6.30. The number of aromatic nitrogens is 4. The first-order chi connectivity index (χ1) is 13.7. The zero-order chi connectivity index (χ0) is 19.1. The number of para-hydroxylation sites is 1. The van der Waals surface area contributed by atoms with Gasteiger partial charge in [-0.3, -0.25) is 5.10 Å². The molecule has 0 aliphatic carbocycles. The summed E-state index contributed by atoms with van der Waals surface area (Å²) in [4.78, 5) is 9.16. The first kappa shape index (κ1) is 17.6. The number of nitrogens with two attached hydrogens (primary N) is 1. The summed E-state index contributed by atoms with van der Waals surface area (Å²) in [6.45, 7) is 2.06. The number of rotatable bonds is 3. The molecule has 1 aliphatic heterocycles. The van der Waals surface area contributed by atoms with Crippen LogP contribution in [-0.4, -0.2) is 33.3 Å². The van der Waals surface area contributed by atoms with Gasteiger partial charge in [0.2, 0.25) is 0 Å². The van der Waals surface area contributed by atoms with Crippen molar-refractivity contribution < 1.29 is 0 Å². The Morgan fingerprint density at radius 1 is 1.14 bits per heavy atom. The van der Waals surface area contributed by atoms with Crippen LogP contribution >= 0.6 is 22.9 Å². The molecule has 6 nitrogen and oxygen atoms in total. The molecule has 0 saturated carbocycles. The van der Waals surface area contributed by atoms with Crippen molar-refractivity contribution in [1.82, 2.24) is 25.5 Å².